The molecule has 1 heterocycles. The van der Waals surface area contributed by atoms with Crippen LogP contribution in [0.3, 0.4) is 0 Å². The first-order valence-corrected chi connectivity index (χ1v) is 4.30. The number of nitrogens with zero attached hydrogens (tertiary/aromatic N) is 1. The van der Waals surface area contributed by atoms with Crippen molar-refractivity contribution >= 4 is 5.97 Å². The number of rotatable bonds is 4. The minimum absolute atomic E-state index is 0.00231. The number of carbonyl (C=O) groups is 1. The topological polar surface area (TPSA) is 104 Å². The van der Waals surface area contributed by atoms with Crippen LogP contribution in [0.5, 0.6) is 0 Å². The van der Waals surface area contributed by atoms with E-state index in [0.717, 1.165) is 4.68 Å². The first-order valence-electron chi connectivity index (χ1n) is 4.30. The van der Waals surface area contributed by atoms with Crippen LogP contribution < -0.4 is 16.7 Å². The Morgan fingerprint density at radius 3 is 2.87 bits per heavy atom. The molecule has 0 amide bonds. The zero-order valence-corrected chi connectivity index (χ0v) is 8.06. The lowest BCUT2D eigenvalue weighted by atomic mass is 10.2. The molecular weight excluding hydrogens is 202 g/mol. The van der Waals surface area contributed by atoms with Crippen LogP contribution in [0.15, 0.2) is 21.9 Å². The fraction of sp³-hybridized carbons (Fsp3) is 0.375. The van der Waals surface area contributed by atoms with Crippen LogP contribution >= 0.6 is 0 Å². The molecule has 0 aliphatic heterocycles. The monoisotopic (exact) mass is 213 g/mol. The Hall–Kier alpha value is -2.05. The Labute approximate surface area is 84.3 Å². The molecule has 1 unspecified atom stereocenters. The number of nitrogens with one attached hydrogen (secondary N) is 2. The van der Waals surface area contributed by atoms with Crippen LogP contribution in [-0.4, -0.2) is 27.3 Å². The highest BCUT2D eigenvalue weighted by Crippen LogP contribution is 1.90. The maximum atomic E-state index is 11.2. The fourth-order valence-electron chi connectivity index (χ4n) is 0.889. The van der Waals surface area contributed by atoms with Gasteiger partial charge in [-0.25, -0.2) is 4.79 Å². The van der Waals surface area contributed by atoms with Crippen LogP contribution in [0.4, 0.5) is 0 Å². The van der Waals surface area contributed by atoms with Gasteiger partial charge in [0.2, 0.25) is 0 Å². The first-order chi connectivity index (χ1) is 7.02. The van der Waals surface area contributed by atoms with Gasteiger partial charge in [-0.05, 0) is 0 Å². The van der Waals surface area contributed by atoms with Gasteiger partial charge >= 0.3 is 11.7 Å². The quantitative estimate of drug-likeness (QED) is 0.582. The van der Waals surface area contributed by atoms with Crippen LogP contribution in [0.25, 0.3) is 0 Å². The van der Waals surface area contributed by atoms with E-state index in [1.165, 1.54) is 19.2 Å². The summed E-state index contributed by atoms with van der Waals surface area (Å²) in [6.07, 6.45) is 1.23. The van der Waals surface area contributed by atoms with Crippen molar-refractivity contribution in [3.8, 4) is 0 Å². The third-order valence-electron chi connectivity index (χ3n) is 1.83. The van der Waals surface area contributed by atoms with Gasteiger partial charge < -0.3 is 15.5 Å². The molecule has 0 radical (unpaired) electrons. The summed E-state index contributed by atoms with van der Waals surface area (Å²) in [5.74, 6) is -1.68. The molecule has 1 atom stereocenters. The fourth-order valence-corrected chi connectivity index (χ4v) is 0.889. The SMILES string of the molecule is CC(CNn1c(=O)cc[nH]c1=O)C(=O)O. The smallest absolute Gasteiger partial charge is 0.347 e. The van der Waals surface area contributed by atoms with Crippen molar-refractivity contribution in [1.29, 1.82) is 0 Å². The lowest BCUT2D eigenvalue weighted by Gasteiger charge is -2.09. The molecule has 3 N–H and O–H groups in total. The summed E-state index contributed by atoms with van der Waals surface area (Å²) in [6.45, 7) is 1.47. The van der Waals surface area contributed by atoms with Gasteiger partial charge in [0.1, 0.15) is 0 Å². The largest absolute Gasteiger partial charge is 0.481 e. The van der Waals surface area contributed by atoms with E-state index >= 15 is 0 Å². The van der Waals surface area contributed by atoms with E-state index < -0.39 is 23.1 Å². The van der Waals surface area contributed by atoms with E-state index in [0.29, 0.717) is 0 Å². The van der Waals surface area contributed by atoms with E-state index in [9.17, 15) is 14.4 Å². The summed E-state index contributed by atoms with van der Waals surface area (Å²) in [5, 5.41) is 8.59. The van der Waals surface area contributed by atoms with Crippen LogP contribution in [0.2, 0.25) is 0 Å². The number of H-pyrrole nitrogens is 1. The Kier molecular flexibility index (Phi) is 3.27. The molecule has 0 fully saturated rings. The number of hydrogen-bond acceptors (Lipinski definition) is 4. The van der Waals surface area contributed by atoms with Gasteiger partial charge in [0.25, 0.3) is 5.56 Å². The van der Waals surface area contributed by atoms with Gasteiger partial charge in [-0.1, -0.05) is 6.92 Å². The predicted octanol–water partition coefficient (Wildman–Crippen LogP) is -1.20. The van der Waals surface area contributed by atoms with Gasteiger partial charge in [-0.3, -0.25) is 9.59 Å². The van der Waals surface area contributed by atoms with Crippen molar-refractivity contribution < 1.29 is 9.90 Å². The highest BCUT2D eigenvalue weighted by atomic mass is 16.4. The maximum absolute atomic E-state index is 11.2. The summed E-state index contributed by atoms with van der Waals surface area (Å²) < 4.78 is 0.736. The molecule has 0 aliphatic rings. The van der Waals surface area contributed by atoms with Gasteiger partial charge in [0.05, 0.1) is 5.92 Å². The Morgan fingerprint density at radius 1 is 1.67 bits per heavy atom. The molecule has 0 saturated carbocycles. The number of hydrogen-bond donors (Lipinski definition) is 3. The minimum atomic E-state index is -0.997. The number of aromatic nitrogens is 2. The Morgan fingerprint density at radius 2 is 2.33 bits per heavy atom. The summed E-state index contributed by atoms with van der Waals surface area (Å²) in [5.41, 5.74) is 1.29. The second-order valence-corrected chi connectivity index (χ2v) is 3.06. The van der Waals surface area contributed by atoms with Crippen LogP contribution in [0, 0.1) is 5.92 Å². The third-order valence-corrected chi connectivity index (χ3v) is 1.83. The highest BCUT2D eigenvalue weighted by Gasteiger charge is 2.10. The van der Waals surface area contributed by atoms with E-state index in [1.807, 2.05) is 0 Å². The second kappa shape index (κ2) is 4.45. The van der Waals surface area contributed by atoms with E-state index in [1.54, 1.807) is 0 Å². The van der Waals surface area contributed by atoms with Crippen molar-refractivity contribution in [2.45, 2.75) is 6.92 Å². The van der Waals surface area contributed by atoms with Crippen molar-refractivity contribution in [3.05, 3.63) is 33.1 Å². The molecule has 82 valence electrons. The molecule has 1 rings (SSSR count). The van der Waals surface area contributed by atoms with Crippen molar-refractivity contribution in [2.24, 2.45) is 5.92 Å². The standard InChI is InChI=1S/C8H11N3O4/c1-5(7(13)14)4-10-11-6(12)2-3-9-8(11)15/h2-3,5,10H,4H2,1H3,(H,9,15)(H,13,14). The molecular formula is C8H11N3O4. The maximum Gasteiger partial charge on any atom is 0.347 e. The van der Waals surface area contributed by atoms with E-state index in [2.05, 4.69) is 10.4 Å². The van der Waals surface area contributed by atoms with Crippen LogP contribution in [-0.2, 0) is 4.79 Å². The average molecular weight is 213 g/mol. The van der Waals surface area contributed by atoms with Crippen molar-refractivity contribution in [2.75, 3.05) is 12.0 Å². The molecule has 0 aromatic carbocycles. The molecule has 1 aromatic rings. The summed E-state index contributed by atoms with van der Waals surface area (Å²) in [6, 6.07) is 1.17. The zero-order chi connectivity index (χ0) is 11.4. The van der Waals surface area contributed by atoms with Crippen LogP contribution in [0.1, 0.15) is 6.92 Å². The summed E-state index contributed by atoms with van der Waals surface area (Å²) >= 11 is 0. The molecule has 0 saturated heterocycles. The Balaban J connectivity index is 2.78. The van der Waals surface area contributed by atoms with Crippen molar-refractivity contribution in [1.82, 2.24) is 9.66 Å². The summed E-state index contributed by atoms with van der Waals surface area (Å²) in [7, 11) is 0. The van der Waals surface area contributed by atoms with E-state index in [-0.39, 0.29) is 6.54 Å². The molecule has 0 spiro atoms. The highest BCUT2D eigenvalue weighted by molar-refractivity contribution is 5.69. The second-order valence-electron chi connectivity index (χ2n) is 3.06. The lowest BCUT2D eigenvalue weighted by Crippen LogP contribution is -2.42. The average Bonchev–Trinajstić information content (AvgIpc) is 2.16. The number of carboxylic acids is 1. The number of aliphatic carboxylic acids is 1. The first kappa shape index (κ1) is 11.0. The zero-order valence-electron chi connectivity index (χ0n) is 8.06. The van der Waals surface area contributed by atoms with Gasteiger partial charge in [0, 0.05) is 18.8 Å². The van der Waals surface area contributed by atoms with Gasteiger partial charge in [0.15, 0.2) is 0 Å². The van der Waals surface area contributed by atoms with E-state index in [4.69, 9.17) is 5.11 Å². The lowest BCUT2D eigenvalue weighted by molar-refractivity contribution is -0.140. The van der Waals surface area contributed by atoms with Gasteiger partial charge in [-0.2, -0.15) is 4.68 Å². The molecule has 7 heteroatoms. The Bertz CT molecular complexity index is 433. The molecule has 15 heavy (non-hydrogen) atoms. The number of aromatic amines is 1. The third kappa shape index (κ3) is 2.70. The predicted molar refractivity (Wildman–Crippen MR) is 52.4 cm³/mol. The normalized spacial score (nSPS) is 12.1. The van der Waals surface area contributed by atoms with Gasteiger partial charge in [-0.15, -0.1) is 0 Å². The molecule has 0 aliphatic carbocycles. The van der Waals surface area contributed by atoms with Crippen molar-refractivity contribution in [3.63, 3.8) is 0 Å². The molecule has 1 aromatic heterocycles. The minimum Gasteiger partial charge on any atom is -0.481 e. The number of carboxylic acid groups (broad SMARTS) is 1. The molecule has 0 bridgehead atoms. The molecule has 7 nitrogen and oxygen atoms in total. The summed E-state index contributed by atoms with van der Waals surface area (Å²) in [4.78, 5) is 35.0.